The molecule has 0 saturated carbocycles. The smallest absolute Gasteiger partial charge is 0.313 e. The number of allylic oxidation sites excluding steroid dienone is 1. The molecule has 0 bridgehead atoms. The number of rotatable bonds is 7. The molecule has 0 aromatic heterocycles. The van der Waals surface area contributed by atoms with Crippen LogP contribution in [0.3, 0.4) is 0 Å². The van der Waals surface area contributed by atoms with Gasteiger partial charge in [-0.05, 0) is 39.0 Å². The number of carbonyl (C=O) groups is 3. The zero-order chi connectivity index (χ0) is 23.6. The van der Waals surface area contributed by atoms with Crippen molar-refractivity contribution in [2.75, 3.05) is 32.8 Å². The van der Waals surface area contributed by atoms with Gasteiger partial charge in [0.05, 0.1) is 18.1 Å². The second-order valence-electron chi connectivity index (χ2n) is 9.71. The first-order chi connectivity index (χ1) is 15.9. The Hall–Kier alpha value is -2.19. The molecule has 4 aliphatic rings. The average Bonchev–Trinajstić information content (AvgIpc) is 3.13. The number of nitrogens with zero attached hydrogens (tertiary/aromatic N) is 2. The maximum absolute atomic E-state index is 13.9. The van der Waals surface area contributed by atoms with E-state index in [-0.39, 0.29) is 18.4 Å². The second-order valence-corrected chi connectivity index (χ2v) is 9.71. The van der Waals surface area contributed by atoms with Crippen LogP contribution in [0.25, 0.3) is 0 Å². The minimum absolute atomic E-state index is 0.0199. The molecule has 2 fully saturated rings. The maximum Gasteiger partial charge on any atom is 0.313 e. The molecular formula is C25H36N2O6. The fourth-order valence-electron chi connectivity index (χ4n) is 5.86. The molecule has 4 rings (SSSR count). The number of aliphatic hydroxyl groups is 1. The van der Waals surface area contributed by atoms with Crippen molar-refractivity contribution in [1.29, 1.82) is 0 Å². The first-order valence-corrected chi connectivity index (χ1v) is 12.3. The van der Waals surface area contributed by atoms with Gasteiger partial charge in [-0.2, -0.15) is 0 Å². The van der Waals surface area contributed by atoms with Crippen LogP contribution in [0, 0.1) is 11.8 Å². The molecule has 0 radical (unpaired) electrons. The minimum atomic E-state index is -1.23. The van der Waals surface area contributed by atoms with Crippen LogP contribution in [-0.4, -0.2) is 82.8 Å². The SMILES string of the molecule is CCCCN1CC=C[C@]23O[C@@]4(C)/C=C\CCCOC(=O)[C@H]4[C@H]2C(=O)N(CCCCO)C3C1=O. The van der Waals surface area contributed by atoms with E-state index in [1.807, 2.05) is 31.2 Å². The molecule has 182 valence electrons. The Morgan fingerprint density at radius 3 is 2.64 bits per heavy atom. The molecule has 2 saturated heterocycles. The number of hydrogen-bond donors (Lipinski definition) is 1. The largest absolute Gasteiger partial charge is 0.465 e. The van der Waals surface area contributed by atoms with E-state index in [1.54, 1.807) is 9.80 Å². The number of fused-ring (bicyclic) bond motifs is 2. The third kappa shape index (κ3) is 4.01. The molecule has 8 nitrogen and oxygen atoms in total. The fraction of sp³-hybridized carbons (Fsp3) is 0.720. The Labute approximate surface area is 195 Å². The summed E-state index contributed by atoms with van der Waals surface area (Å²) >= 11 is 0. The van der Waals surface area contributed by atoms with E-state index >= 15 is 0 Å². The number of carbonyl (C=O) groups excluding carboxylic acids is 3. The van der Waals surface area contributed by atoms with Crippen molar-refractivity contribution in [3.63, 3.8) is 0 Å². The lowest BCUT2D eigenvalue weighted by molar-refractivity contribution is -0.159. The van der Waals surface area contributed by atoms with Crippen LogP contribution in [0.1, 0.15) is 52.4 Å². The molecular weight excluding hydrogens is 424 g/mol. The summed E-state index contributed by atoms with van der Waals surface area (Å²) in [6.45, 7) is 5.62. The van der Waals surface area contributed by atoms with E-state index in [1.165, 1.54) is 0 Å². The third-order valence-corrected chi connectivity index (χ3v) is 7.42. The number of amides is 2. The van der Waals surface area contributed by atoms with Crippen LogP contribution in [-0.2, 0) is 23.9 Å². The van der Waals surface area contributed by atoms with Crippen molar-refractivity contribution in [3.05, 3.63) is 24.3 Å². The number of likely N-dealkylation sites (tertiary alicyclic amines) is 1. The zero-order valence-electron chi connectivity index (χ0n) is 19.7. The van der Waals surface area contributed by atoms with Gasteiger partial charge in [0.25, 0.3) is 0 Å². The molecule has 4 heterocycles. The van der Waals surface area contributed by atoms with E-state index in [9.17, 15) is 19.5 Å². The predicted molar refractivity (Wildman–Crippen MR) is 121 cm³/mol. The summed E-state index contributed by atoms with van der Waals surface area (Å²) in [5.41, 5.74) is -2.27. The number of ether oxygens (including phenoxy) is 2. The first-order valence-electron chi connectivity index (χ1n) is 12.3. The highest BCUT2D eigenvalue weighted by molar-refractivity contribution is 5.99. The highest BCUT2D eigenvalue weighted by atomic mass is 16.6. The van der Waals surface area contributed by atoms with E-state index < -0.39 is 35.0 Å². The van der Waals surface area contributed by atoms with Crippen molar-refractivity contribution < 1.29 is 29.0 Å². The molecule has 5 atom stereocenters. The number of esters is 1. The van der Waals surface area contributed by atoms with E-state index in [0.717, 1.165) is 25.7 Å². The molecule has 1 unspecified atom stereocenters. The molecule has 0 aromatic rings. The monoisotopic (exact) mass is 460 g/mol. The van der Waals surface area contributed by atoms with Crippen LogP contribution < -0.4 is 0 Å². The topological polar surface area (TPSA) is 96.4 Å². The Morgan fingerprint density at radius 1 is 1.06 bits per heavy atom. The quantitative estimate of drug-likeness (QED) is 0.354. The van der Waals surface area contributed by atoms with Crippen molar-refractivity contribution >= 4 is 17.8 Å². The first kappa shape index (κ1) is 24.0. The van der Waals surface area contributed by atoms with Crippen LogP contribution >= 0.6 is 0 Å². The third-order valence-electron chi connectivity index (χ3n) is 7.42. The van der Waals surface area contributed by atoms with Crippen LogP contribution in [0.15, 0.2) is 24.3 Å². The molecule has 2 amide bonds. The van der Waals surface area contributed by atoms with Gasteiger partial charge in [0.1, 0.15) is 17.6 Å². The molecule has 33 heavy (non-hydrogen) atoms. The predicted octanol–water partition coefficient (Wildman–Crippen LogP) is 1.82. The lowest BCUT2D eigenvalue weighted by Crippen LogP contribution is -2.56. The minimum Gasteiger partial charge on any atom is -0.465 e. The van der Waals surface area contributed by atoms with Gasteiger partial charge in [-0.15, -0.1) is 0 Å². The second kappa shape index (κ2) is 9.58. The Bertz CT molecular complexity index is 841. The van der Waals surface area contributed by atoms with Crippen molar-refractivity contribution in [3.8, 4) is 0 Å². The van der Waals surface area contributed by atoms with Gasteiger partial charge in [0.2, 0.25) is 11.8 Å². The summed E-state index contributed by atoms with van der Waals surface area (Å²) < 4.78 is 12.3. The Balaban J connectivity index is 1.79. The molecule has 1 spiro atoms. The van der Waals surface area contributed by atoms with Crippen molar-refractivity contribution in [2.45, 2.75) is 69.6 Å². The van der Waals surface area contributed by atoms with E-state index in [0.29, 0.717) is 39.1 Å². The summed E-state index contributed by atoms with van der Waals surface area (Å²) in [6.07, 6.45) is 12.0. The Kier molecular flexibility index (Phi) is 6.96. The molecule has 4 aliphatic heterocycles. The molecule has 0 aliphatic carbocycles. The van der Waals surface area contributed by atoms with Gasteiger partial charge in [-0.3, -0.25) is 14.4 Å². The summed E-state index contributed by atoms with van der Waals surface area (Å²) in [6, 6.07) is -0.835. The summed E-state index contributed by atoms with van der Waals surface area (Å²) in [7, 11) is 0. The lowest BCUT2D eigenvalue weighted by Gasteiger charge is -2.37. The average molecular weight is 461 g/mol. The van der Waals surface area contributed by atoms with Gasteiger partial charge in [-0.25, -0.2) is 0 Å². The van der Waals surface area contributed by atoms with Crippen LogP contribution in [0.5, 0.6) is 0 Å². The zero-order valence-corrected chi connectivity index (χ0v) is 19.7. The number of aliphatic hydroxyl groups excluding tert-OH is 1. The fourth-order valence-corrected chi connectivity index (χ4v) is 5.86. The van der Waals surface area contributed by atoms with Gasteiger partial charge < -0.3 is 24.4 Å². The summed E-state index contributed by atoms with van der Waals surface area (Å²) in [4.78, 5) is 44.4. The highest BCUT2D eigenvalue weighted by Gasteiger charge is 2.74. The number of hydrogen-bond acceptors (Lipinski definition) is 6. The Morgan fingerprint density at radius 2 is 1.88 bits per heavy atom. The van der Waals surface area contributed by atoms with E-state index in [2.05, 4.69) is 6.92 Å². The van der Waals surface area contributed by atoms with Crippen molar-refractivity contribution in [2.24, 2.45) is 11.8 Å². The summed E-state index contributed by atoms with van der Waals surface area (Å²) in [5.74, 6) is -2.48. The molecule has 8 heteroatoms. The van der Waals surface area contributed by atoms with Crippen LogP contribution in [0.4, 0.5) is 0 Å². The standard InChI is InChI=1S/C25H36N2O6/c1-3-4-13-26-14-10-12-25-18(21(29)27(15-7-8-16-28)20(25)22(26)30)19-23(31)32-17-9-5-6-11-24(19,2)33-25/h6,10-12,18-20,28H,3-5,7-9,13-17H2,1-2H3/b11-6-/t18-,19+,20?,24-,25-/m0/s1. The van der Waals surface area contributed by atoms with Gasteiger partial charge in [0, 0.05) is 26.2 Å². The molecule has 0 aromatic carbocycles. The van der Waals surface area contributed by atoms with Gasteiger partial charge in [0.15, 0.2) is 0 Å². The van der Waals surface area contributed by atoms with Gasteiger partial charge >= 0.3 is 5.97 Å². The van der Waals surface area contributed by atoms with Crippen molar-refractivity contribution in [1.82, 2.24) is 9.80 Å². The number of unbranched alkanes of at least 4 members (excludes halogenated alkanes) is 2. The number of cyclic esters (lactones) is 1. The maximum atomic E-state index is 13.9. The normalized spacial score (nSPS) is 36.9. The lowest BCUT2D eigenvalue weighted by atomic mass is 9.74. The van der Waals surface area contributed by atoms with E-state index in [4.69, 9.17) is 9.47 Å². The van der Waals surface area contributed by atoms with Crippen LogP contribution in [0.2, 0.25) is 0 Å². The highest BCUT2D eigenvalue weighted by Crippen LogP contribution is 2.57. The van der Waals surface area contributed by atoms with Gasteiger partial charge in [-0.1, -0.05) is 37.6 Å². The summed E-state index contributed by atoms with van der Waals surface area (Å²) in [5, 5.41) is 9.26. The molecule has 1 N–H and O–H groups in total.